The highest BCUT2D eigenvalue weighted by atomic mass is 16.5. The molecule has 1 saturated heterocycles. The fraction of sp³-hybridized carbons (Fsp3) is 0.273. The number of carbonyl (C=O) groups is 2. The molecule has 0 bridgehead atoms. The first-order chi connectivity index (χ1) is 19.0. The van der Waals surface area contributed by atoms with Crippen LogP contribution in [0.3, 0.4) is 0 Å². The highest BCUT2D eigenvalue weighted by molar-refractivity contribution is 6.00. The maximum atomic E-state index is 13.4. The summed E-state index contributed by atoms with van der Waals surface area (Å²) < 4.78 is 4.89. The lowest BCUT2D eigenvalue weighted by Crippen LogP contribution is -2.48. The number of hydrogen-bond acceptors (Lipinski definition) is 4. The van der Waals surface area contributed by atoms with Crippen molar-refractivity contribution in [2.24, 2.45) is 5.92 Å². The van der Waals surface area contributed by atoms with Gasteiger partial charge < -0.3 is 20.3 Å². The van der Waals surface area contributed by atoms with Crippen molar-refractivity contribution >= 4 is 28.5 Å². The van der Waals surface area contributed by atoms with Gasteiger partial charge in [-0.25, -0.2) is 9.59 Å². The SMILES string of the molecule is COC(=O)c1ccccc1NC(=O)N1CCC(c2ccccc2)C(CN[C@H](C)c2cccc3ccccc23)C1. The van der Waals surface area contributed by atoms with Gasteiger partial charge in [0.05, 0.1) is 18.4 Å². The quantitative estimate of drug-likeness (QED) is 0.268. The third kappa shape index (κ3) is 5.96. The molecule has 2 N–H and O–H groups in total. The lowest BCUT2D eigenvalue weighted by atomic mass is 9.80. The van der Waals surface area contributed by atoms with E-state index in [9.17, 15) is 9.59 Å². The normalized spacial score (nSPS) is 17.9. The molecule has 2 amide bonds. The van der Waals surface area contributed by atoms with Crippen LogP contribution in [-0.4, -0.2) is 43.6 Å². The molecule has 0 spiro atoms. The van der Waals surface area contributed by atoms with Crippen LogP contribution in [0.25, 0.3) is 10.8 Å². The summed E-state index contributed by atoms with van der Waals surface area (Å²) in [4.78, 5) is 27.4. The Kier molecular flexibility index (Phi) is 8.23. The number of urea groups is 1. The number of amides is 2. The number of carbonyl (C=O) groups excluding carboxylic acids is 2. The average molecular weight is 522 g/mol. The van der Waals surface area contributed by atoms with Crippen molar-refractivity contribution in [3.05, 3.63) is 114 Å². The number of piperidine rings is 1. The first-order valence-electron chi connectivity index (χ1n) is 13.5. The van der Waals surface area contributed by atoms with Gasteiger partial charge in [0.1, 0.15) is 0 Å². The first-order valence-corrected chi connectivity index (χ1v) is 13.5. The van der Waals surface area contributed by atoms with Crippen LogP contribution in [-0.2, 0) is 4.74 Å². The molecule has 4 aromatic rings. The number of para-hydroxylation sites is 1. The predicted octanol–water partition coefficient (Wildman–Crippen LogP) is 6.61. The number of fused-ring (bicyclic) bond motifs is 1. The van der Waals surface area contributed by atoms with E-state index in [-0.39, 0.29) is 18.0 Å². The molecule has 0 radical (unpaired) electrons. The Morgan fingerprint density at radius 3 is 2.46 bits per heavy atom. The van der Waals surface area contributed by atoms with Crippen LogP contribution in [0, 0.1) is 5.92 Å². The van der Waals surface area contributed by atoms with E-state index in [1.165, 1.54) is 29.0 Å². The minimum absolute atomic E-state index is 0.156. The second-order valence-corrected chi connectivity index (χ2v) is 10.2. The third-order valence-electron chi connectivity index (χ3n) is 7.80. The van der Waals surface area contributed by atoms with Crippen LogP contribution in [0.4, 0.5) is 10.5 Å². The summed E-state index contributed by atoms with van der Waals surface area (Å²) in [6, 6.07) is 32.4. The van der Waals surface area contributed by atoms with E-state index in [1.54, 1.807) is 24.3 Å². The molecule has 6 nitrogen and oxygen atoms in total. The van der Waals surface area contributed by atoms with Gasteiger partial charge in [0, 0.05) is 25.7 Å². The Labute approximate surface area is 230 Å². The molecule has 39 heavy (non-hydrogen) atoms. The van der Waals surface area contributed by atoms with E-state index in [0.29, 0.717) is 30.3 Å². The van der Waals surface area contributed by atoms with Gasteiger partial charge in [-0.05, 0) is 59.2 Å². The van der Waals surface area contributed by atoms with Crippen molar-refractivity contribution in [3.63, 3.8) is 0 Å². The van der Waals surface area contributed by atoms with Crippen LogP contribution in [0.15, 0.2) is 97.1 Å². The molecule has 0 aromatic heterocycles. The molecule has 3 atom stereocenters. The zero-order valence-electron chi connectivity index (χ0n) is 22.5. The summed E-state index contributed by atoms with van der Waals surface area (Å²) in [7, 11) is 1.34. The fourth-order valence-corrected chi connectivity index (χ4v) is 5.70. The van der Waals surface area contributed by atoms with Gasteiger partial charge in [-0.2, -0.15) is 0 Å². The summed E-state index contributed by atoms with van der Waals surface area (Å²) in [5.41, 5.74) is 3.38. The summed E-state index contributed by atoms with van der Waals surface area (Å²) in [6.07, 6.45) is 0.866. The Balaban J connectivity index is 1.33. The first kappa shape index (κ1) is 26.4. The van der Waals surface area contributed by atoms with Crippen molar-refractivity contribution < 1.29 is 14.3 Å². The monoisotopic (exact) mass is 521 g/mol. The van der Waals surface area contributed by atoms with Gasteiger partial charge in [-0.3, -0.25) is 0 Å². The van der Waals surface area contributed by atoms with E-state index in [0.717, 1.165) is 13.0 Å². The van der Waals surface area contributed by atoms with Crippen molar-refractivity contribution in [1.82, 2.24) is 10.2 Å². The van der Waals surface area contributed by atoms with E-state index < -0.39 is 5.97 Å². The summed E-state index contributed by atoms with van der Waals surface area (Å²) >= 11 is 0. The minimum atomic E-state index is -0.474. The van der Waals surface area contributed by atoms with E-state index >= 15 is 0 Å². The Morgan fingerprint density at radius 1 is 0.923 bits per heavy atom. The largest absolute Gasteiger partial charge is 0.465 e. The molecule has 1 fully saturated rings. The Morgan fingerprint density at radius 2 is 1.64 bits per heavy atom. The average Bonchev–Trinajstić information content (AvgIpc) is 2.99. The topological polar surface area (TPSA) is 70.7 Å². The number of nitrogens with zero attached hydrogens (tertiary/aromatic N) is 1. The van der Waals surface area contributed by atoms with Crippen LogP contribution in [0.5, 0.6) is 0 Å². The highest BCUT2D eigenvalue weighted by Gasteiger charge is 2.33. The Hall–Kier alpha value is -4.16. The fourth-order valence-electron chi connectivity index (χ4n) is 5.70. The molecule has 4 aromatic carbocycles. The summed E-state index contributed by atoms with van der Waals surface area (Å²) in [5, 5.41) is 9.22. The van der Waals surface area contributed by atoms with Crippen molar-refractivity contribution in [3.8, 4) is 0 Å². The number of rotatable bonds is 7. The molecular formula is C33H35N3O3. The van der Waals surface area contributed by atoms with Crippen molar-refractivity contribution in [2.45, 2.75) is 25.3 Å². The molecule has 0 saturated carbocycles. The molecule has 2 unspecified atom stereocenters. The second kappa shape index (κ2) is 12.1. The molecule has 0 aliphatic carbocycles. The maximum absolute atomic E-state index is 13.4. The minimum Gasteiger partial charge on any atom is -0.465 e. The van der Waals surface area contributed by atoms with Gasteiger partial charge in [0.15, 0.2) is 0 Å². The van der Waals surface area contributed by atoms with Crippen LogP contribution >= 0.6 is 0 Å². The van der Waals surface area contributed by atoms with Crippen molar-refractivity contribution in [2.75, 3.05) is 32.1 Å². The Bertz CT molecular complexity index is 1430. The van der Waals surface area contributed by atoms with Crippen molar-refractivity contribution in [1.29, 1.82) is 0 Å². The van der Waals surface area contributed by atoms with Gasteiger partial charge in [0.25, 0.3) is 0 Å². The van der Waals surface area contributed by atoms with Crippen LogP contribution in [0.1, 0.15) is 46.8 Å². The van der Waals surface area contributed by atoms with E-state index in [1.807, 2.05) is 11.0 Å². The van der Waals surface area contributed by atoms with Gasteiger partial charge >= 0.3 is 12.0 Å². The molecular weight excluding hydrogens is 486 g/mol. The lowest BCUT2D eigenvalue weighted by molar-refractivity contribution is 0.0602. The number of nitrogens with one attached hydrogen (secondary N) is 2. The number of benzene rings is 4. The van der Waals surface area contributed by atoms with Crippen LogP contribution in [0.2, 0.25) is 0 Å². The molecule has 6 heteroatoms. The molecule has 1 heterocycles. The number of likely N-dealkylation sites (tertiary alicyclic amines) is 1. The van der Waals surface area contributed by atoms with Gasteiger partial charge in [0.2, 0.25) is 0 Å². The molecule has 200 valence electrons. The number of methoxy groups -OCH3 is 1. The molecule has 5 rings (SSSR count). The molecule has 1 aliphatic heterocycles. The standard InChI is InChI=1S/C33H35N3O3/c1-23(27-17-10-14-25-13-6-7-15-29(25)27)34-21-26-22-36(20-19-28(26)24-11-4-3-5-12-24)33(38)35-31-18-9-8-16-30(31)32(37)39-2/h3-18,23,26,28,34H,19-22H2,1-2H3,(H,35,38)/t23-,26?,28?/m1/s1. The number of ether oxygens (including phenoxy) is 1. The maximum Gasteiger partial charge on any atom is 0.339 e. The van der Waals surface area contributed by atoms with Crippen LogP contribution < -0.4 is 10.6 Å². The predicted molar refractivity (Wildman–Crippen MR) is 156 cm³/mol. The zero-order valence-corrected chi connectivity index (χ0v) is 22.5. The third-order valence-corrected chi connectivity index (χ3v) is 7.80. The zero-order chi connectivity index (χ0) is 27.2. The summed E-state index contributed by atoms with van der Waals surface area (Å²) in [5.74, 6) is 0.0863. The summed E-state index contributed by atoms with van der Waals surface area (Å²) in [6.45, 7) is 4.23. The second-order valence-electron chi connectivity index (χ2n) is 10.2. The van der Waals surface area contributed by atoms with E-state index in [2.05, 4.69) is 84.3 Å². The lowest BCUT2D eigenvalue weighted by Gasteiger charge is -2.39. The smallest absolute Gasteiger partial charge is 0.339 e. The number of anilines is 1. The number of hydrogen-bond donors (Lipinski definition) is 2. The highest BCUT2D eigenvalue weighted by Crippen LogP contribution is 2.34. The van der Waals surface area contributed by atoms with Gasteiger partial charge in [-0.15, -0.1) is 0 Å². The number of esters is 1. The van der Waals surface area contributed by atoms with E-state index in [4.69, 9.17) is 4.74 Å². The molecule has 1 aliphatic rings. The van der Waals surface area contributed by atoms with Gasteiger partial charge in [-0.1, -0.05) is 84.9 Å².